The van der Waals surface area contributed by atoms with Gasteiger partial charge >= 0.3 is 0 Å². The van der Waals surface area contributed by atoms with E-state index in [0.29, 0.717) is 0 Å². The summed E-state index contributed by atoms with van der Waals surface area (Å²) in [7, 11) is 2.07. The molecular weight excluding hydrogens is 182 g/mol. The Labute approximate surface area is 99.0 Å². The summed E-state index contributed by atoms with van der Waals surface area (Å²) >= 11 is 0. The molecule has 1 fully saturated rings. The molecule has 1 rings (SSSR count). The van der Waals surface area contributed by atoms with Crippen LogP contribution < -0.4 is 5.32 Å². The molecule has 0 amide bonds. The molecule has 15 heavy (non-hydrogen) atoms. The van der Waals surface area contributed by atoms with E-state index in [9.17, 15) is 0 Å². The number of nitrogens with one attached hydrogen (secondary N) is 1. The Hall–Kier alpha value is -0.0400. The van der Waals surface area contributed by atoms with Gasteiger partial charge in [-0.15, -0.1) is 0 Å². The van der Waals surface area contributed by atoms with E-state index in [4.69, 9.17) is 0 Å². The maximum Gasteiger partial charge on any atom is 0.00642 e. The lowest BCUT2D eigenvalue weighted by atomic mass is 9.87. The Bertz CT molecular complexity index is 73.4. The van der Waals surface area contributed by atoms with Crippen molar-refractivity contribution in [3.05, 3.63) is 0 Å². The lowest BCUT2D eigenvalue weighted by Crippen LogP contribution is -2.29. The fraction of sp³-hybridized carbons (Fsp3) is 1.00. The molecule has 0 bridgehead atoms. The molecule has 0 aromatic rings. The highest BCUT2D eigenvalue weighted by Gasteiger charge is 2.15. The fourth-order valence-corrected chi connectivity index (χ4v) is 1.55. The van der Waals surface area contributed by atoms with Gasteiger partial charge in [-0.25, -0.2) is 0 Å². The standard InChI is InChI=1S/C8H17N.3C2H6/c1-7-3-5-8(9-2)6-4-7;3*1-2/h7-9H,3-6H2,1-2H3;3*1-2H3. The zero-order valence-electron chi connectivity index (χ0n) is 12.5. The van der Waals surface area contributed by atoms with Crippen molar-refractivity contribution in [1.82, 2.24) is 5.32 Å². The van der Waals surface area contributed by atoms with Crippen molar-refractivity contribution in [3.8, 4) is 0 Å². The number of rotatable bonds is 1. The van der Waals surface area contributed by atoms with Gasteiger partial charge in [-0.2, -0.15) is 0 Å². The Morgan fingerprint density at radius 3 is 1.33 bits per heavy atom. The van der Waals surface area contributed by atoms with E-state index in [1.54, 1.807) is 0 Å². The van der Waals surface area contributed by atoms with Crippen molar-refractivity contribution in [3.63, 3.8) is 0 Å². The molecule has 0 aliphatic heterocycles. The van der Waals surface area contributed by atoms with Crippen LogP contribution in [-0.2, 0) is 0 Å². The fourth-order valence-electron chi connectivity index (χ4n) is 1.55. The van der Waals surface area contributed by atoms with Crippen molar-refractivity contribution in [2.75, 3.05) is 7.05 Å². The molecule has 0 atom stereocenters. The summed E-state index contributed by atoms with van der Waals surface area (Å²) in [5, 5.41) is 3.32. The molecule has 0 radical (unpaired) electrons. The Morgan fingerprint density at radius 2 is 1.07 bits per heavy atom. The summed E-state index contributed by atoms with van der Waals surface area (Å²) in [5.41, 5.74) is 0. The smallest absolute Gasteiger partial charge is 0.00642 e. The highest BCUT2D eigenvalue weighted by atomic mass is 14.9. The van der Waals surface area contributed by atoms with Gasteiger partial charge in [0.1, 0.15) is 0 Å². The maximum absolute atomic E-state index is 3.32. The van der Waals surface area contributed by atoms with Gasteiger partial charge in [0.2, 0.25) is 0 Å². The van der Waals surface area contributed by atoms with Crippen molar-refractivity contribution >= 4 is 0 Å². The third-order valence-electron chi connectivity index (χ3n) is 2.42. The lowest BCUT2D eigenvalue weighted by Gasteiger charge is -2.25. The van der Waals surface area contributed by atoms with Gasteiger partial charge in [0.15, 0.2) is 0 Å². The Morgan fingerprint density at radius 1 is 0.733 bits per heavy atom. The molecule has 0 spiro atoms. The van der Waals surface area contributed by atoms with Gasteiger partial charge in [0.05, 0.1) is 0 Å². The van der Waals surface area contributed by atoms with Crippen LogP contribution in [-0.4, -0.2) is 13.1 Å². The zero-order valence-corrected chi connectivity index (χ0v) is 12.5. The summed E-state index contributed by atoms with van der Waals surface area (Å²) in [6.45, 7) is 14.4. The molecular formula is C14H35N. The third kappa shape index (κ3) is 14.0. The second-order valence-corrected chi connectivity index (χ2v) is 3.25. The van der Waals surface area contributed by atoms with E-state index >= 15 is 0 Å². The summed E-state index contributed by atoms with van der Waals surface area (Å²) < 4.78 is 0. The molecule has 0 aromatic carbocycles. The molecule has 1 aliphatic rings. The van der Waals surface area contributed by atoms with Crippen molar-refractivity contribution in [2.45, 2.75) is 80.2 Å². The predicted octanol–water partition coefficient (Wildman–Crippen LogP) is 4.86. The van der Waals surface area contributed by atoms with E-state index in [0.717, 1.165) is 12.0 Å². The Balaban J connectivity index is -0.000000208. The minimum atomic E-state index is 0.821. The first-order chi connectivity index (χ1) is 7.33. The van der Waals surface area contributed by atoms with Crippen molar-refractivity contribution < 1.29 is 0 Å². The molecule has 0 unspecified atom stereocenters. The normalized spacial score (nSPS) is 23.2. The molecule has 0 heterocycles. The highest BCUT2D eigenvalue weighted by molar-refractivity contribution is 4.73. The third-order valence-corrected chi connectivity index (χ3v) is 2.42. The largest absolute Gasteiger partial charge is 0.317 e. The number of hydrogen-bond donors (Lipinski definition) is 1. The van der Waals surface area contributed by atoms with Crippen molar-refractivity contribution in [1.29, 1.82) is 0 Å². The van der Waals surface area contributed by atoms with Crippen LogP contribution >= 0.6 is 0 Å². The van der Waals surface area contributed by atoms with Gasteiger partial charge in [-0.3, -0.25) is 0 Å². The van der Waals surface area contributed by atoms with E-state index in [1.165, 1.54) is 25.7 Å². The van der Waals surface area contributed by atoms with Gasteiger partial charge in [-0.05, 0) is 38.6 Å². The Kier molecular flexibility index (Phi) is 26.5. The second-order valence-electron chi connectivity index (χ2n) is 3.25. The molecule has 1 nitrogen and oxygen atoms in total. The van der Waals surface area contributed by atoms with Crippen LogP contribution in [0.25, 0.3) is 0 Å². The van der Waals surface area contributed by atoms with Crippen LogP contribution in [0.5, 0.6) is 0 Å². The van der Waals surface area contributed by atoms with Gasteiger partial charge in [0.25, 0.3) is 0 Å². The quantitative estimate of drug-likeness (QED) is 0.661. The van der Waals surface area contributed by atoms with Gasteiger partial charge in [-0.1, -0.05) is 48.5 Å². The SMILES string of the molecule is CC.CC.CC.CNC1CCC(C)CC1. The molecule has 0 saturated heterocycles. The van der Waals surface area contributed by atoms with E-state index in [1.807, 2.05) is 41.5 Å². The van der Waals surface area contributed by atoms with Crippen LogP contribution in [0.2, 0.25) is 0 Å². The lowest BCUT2D eigenvalue weighted by molar-refractivity contribution is 0.319. The van der Waals surface area contributed by atoms with Crippen LogP contribution in [0.15, 0.2) is 0 Å². The highest BCUT2D eigenvalue weighted by Crippen LogP contribution is 2.22. The molecule has 1 aliphatic carbocycles. The topological polar surface area (TPSA) is 12.0 Å². The minimum Gasteiger partial charge on any atom is -0.317 e. The first-order valence-electron chi connectivity index (χ1n) is 7.00. The first-order valence-corrected chi connectivity index (χ1v) is 7.00. The molecule has 1 saturated carbocycles. The number of hydrogen-bond acceptors (Lipinski definition) is 1. The predicted molar refractivity (Wildman–Crippen MR) is 74.5 cm³/mol. The summed E-state index contributed by atoms with van der Waals surface area (Å²) in [4.78, 5) is 0. The van der Waals surface area contributed by atoms with Gasteiger partial charge < -0.3 is 5.32 Å². The van der Waals surface area contributed by atoms with E-state index in [-0.39, 0.29) is 0 Å². The van der Waals surface area contributed by atoms with Crippen LogP contribution in [0.1, 0.15) is 74.1 Å². The second kappa shape index (κ2) is 19.5. The van der Waals surface area contributed by atoms with E-state index in [2.05, 4.69) is 19.3 Å². The molecule has 0 aromatic heterocycles. The van der Waals surface area contributed by atoms with Crippen LogP contribution in [0.3, 0.4) is 0 Å². The zero-order chi connectivity index (χ0) is 12.7. The van der Waals surface area contributed by atoms with Crippen molar-refractivity contribution in [2.24, 2.45) is 5.92 Å². The van der Waals surface area contributed by atoms with Crippen LogP contribution in [0, 0.1) is 5.92 Å². The monoisotopic (exact) mass is 217 g/mol. The summed E-state index contributed by atoms with van der Waals surface area (Å²) in [6, 6.07) is 0.821. The maximum atomic E-state index is 3.32. The average molecular weight is 217 g/mol. The molecule has 1 N–H and O–H groups in total. The summed E-state index contributed by atoms with van der Waals surface area (Å²) in [6.07, 6.45) is 5.62. The molecule has 96 valence electrons. The van der Waals surface area contributed by atoms with Gasteiger partial charge in [0, 0.05) is 6.04 Å². The average Bonchev–Trinajstić information content (AvgIpc) is 2.38. The first kappa shape index (κ1) is 20.4. The molecule has 1 heteroatoms. The summed E-state index contributed by atoms with van der Waals surface area (Å²) in [5.74, 6) is 0.981. The van der Waals surface area contributed by atoms with E-state index < -0.39 is 0 Å². The van der Waals surface area contributed by atoms with Crippen LogP contribution in [0.4, 0.5) is 0 Å². The minimum absolute atomic E-state index is 0.821.